The molecule has 0 spiro atoms. The van der Waals surface area contributed by atoms with Crippen LogP contribution in [-0.2, 0) is 0 Å². The van der Waals surface area contributed by atoms with Gasteiger partial charge in [-0.05, 0) is 57.0 Å². The van der Waals surface area contributed by atoms with Crippen molar-refractivity contribution in [2.24, 2.45) is 5.10 Å². The average Bonchev–Trinajstić information content (AvgIpc) is 3.26. The van der Waals surface area contributed by atoms with Crippen molar-refractivity contribution in [1.29, 1.82) is 0 Å². The summed E-state index contributed by atoms with van der Waals surface area (Å²) in [7, 11) is 1.50. The normalized spacial score (nSPS) is 11.1. The van der Waals surface area contributed by atoms with Gasteiger partial charge in [0, 0.05) is 22.2 Å². The van der Waals surface area contributed by atoms with Gasteiger partial charge in [0.2, 0.25) is 0 Å². The Labute approximate surface area is 190 Å². The van der Waals surface area contributed by atoms with Crippen LogP contribution in [0, 0.1) is 10.1 Å². The number of nitro benzene ring substituents is 1. The predicted molar refractivity (Wildman–Crippen MR) is 124 cm³/mol. The van der Waals surface area contributed by atoms with Gasteiger partial charge in [-0.2, -0.15) is 5.10 Å². The zero-order chi connectivity index (χ0) is 22.7. The van der Waals surface area contributed by atoms with Gasteiger partial charge < -0.3 is 9.15 Å². The fourth-order valence-electron chi connectivity index (χ4n) is 3.16. The largest absolute Gasteiger partial charge is 0.496 e. The third-order valence-electron chi connectivity index (χ3n) is 4.73. The molecule has 0 fully saturated rings. The Balaban J connectivity index is 1.50. The minimum absolute atomic E-state index is 0.0270. The molecule has 0 radical (unpaired) electrons. The Hall–Kier alpha value is -3.98. The molecule has 160 valence electrons. The molecular weight excluding hydrogens is 478 g/mol. The SMILES string of the molecule is COc1cc2ccccc2cc1C(=O)NN=Cc1ccc(-c2ccc([N+](=O)[O-])cc2Br)o1. The highest BCUT2D eigenvalue weighted by molar-refractivity contribution is 9.10. The Kier molecular flexibility index (Phi) is 6.00. The monoisotopic (exact) mass is 493 g/mol. The van der Waals surface area contributed by atoms with E-state index in [-0.39, 0.29) is 5.69 Å². The zero-order valence-electron chi connectivity index (χ0n) is 16.7. The Morgan fingerprint density at radius 1 is 1.12 bits per heavy atom. The number of nitrogens with zero attached hydrogens (tertiary/aromatic N) is 2. The number of hydrogen-bond acceptors (Lipinski definition) is 6. The van der Waals surface area contributed by atoms with Crippen LogP contribution in [0.5, 0.6) is 5.75 Å². The molecule has 1 amide bonds. The topological polar surface area (TPSA) is 107 Å². The molecule has 3 aromatic carbocycles. The highest BCUT2D eigenvalue weighted by Crippen LogP contribution is 2.32. The first-order valence-corrected chi connectivity index (χ1v) is 10.2. The number of hydrogen-bond donors (Lipinski definition) is 1. The maximum Gasteiger partial charge on any atom is 0.275 e. The summed E-state index contributed by atoms with van der Waals surface area (Å²) in [5.41, 5.74) is 3.46. The van der Waals surface area contributed by atoms with Crippen molar-refractivity contribution in [2.45, 2.75) is 0 Å². The van der Waals surface area contributed by atoms with Gasteiger partial charge in [-0.25, -0.2) is 5.43 Å². The highest BCUT2D eigenvalue weighted by Gasteiger charge is 2.14. The summed E-state index contributed by atoms with van der Waals surface area (Å²) in [6.45, 7) is 0. The molecule has 1 heterocycles. The summed E-state index contributed by atoms with van der Waals surface area (Å²) in [5.74, 6) is 0.917. The lowest BCUT2D eigenvalue weighted by Crippen LogP contribution is -2.18. The molecule has 0 saturated carbocycles. The van der Waals surface area contributed by atoms with Crippen LogP contribution in [0.3, 0.4) is 0 Å². The number of carbonyl (C=O) groups excluding carboxylic acids is 1. The zero-order valence-corrected chi connectivity index (χ0v) is 18.3. The third kappa shape index (κ3) is 4.37. The van der Waals surface area contributed by atoms with E-state index in [1.807, 2.05) is 24.3 Å². The summed E-state index contributed by atoms with van der Waals surface area (Å²) >= 11 is 3.32. The van der Waals surface area contributed by atoms with Crippen molar-refractivity contribution < 1.29 is 18.9 Å². The first-order chi connectivity index (χ1) is 15.5. The van der Waals surface area contributed by atoms with E-state index in [2.05, 4.69) is 26.5 Å². The average molecular weight is 494 g/mol. The standard InChI is InChI=1S/C23H16BrN3O5/c1-31-22-11-15-5-3-2-4-14(15)10-19(22)23(28)26-25-13-17-7-9-21(32-17)18-8-6-16(27(29)30)12-20(18)24/h2-13H,1H3,(H,26,28). The molecule has 8 nitrogen and oxygen atoms in total. The summed E-state index contributed by atoms with van der Waals surface area (Å²) in [5, 5.41) is 16.7. The number of carbonyl (C=O) groups is 1. The quantitative estimate of drug-likeness (QED) is 0.215. The maximum absolute atomic E-state index is 12.6. The molecule has 0 aliphatic heterocycles. The number of halogens is 1. The summed E-state index contributed by atoms with van der Waals surface area (Å²) in [4.78, 5) is 23.0. The van der Waals surface area contributed by atoms with Crippen LogP contribution in [0.1, 0.15) is 16.1 Å². The number of nitrogens with one attached hydrogen (secondary N) is 1. The molecule has 9 heteroatoms. The van der Waals surface area contributed by atoms with Crippen molar-refractivity contribution in [3.8, 4) is 17.1 Å². The van der Waals surface area contributed by atoms with Crippen molar-refractivity contribution in [3.05, 3.63) is 92.6 Å². The van der Waals surface area contributed by atoms with Crippen LogP contribution in [0.15, 0.2) is 80.7 Å². The van der Waals surface area contributed by atoms with Gasteiger partial charge in [-0.1, -0.05) is 24.3 Å². The van der Waals surface area contributed by atoms with Gasteiger partial charge >= 0.3 is 0 Å². The van der Waals surface area contributed by atoms with E-state index >= 15 is 0 Å². The molecule has 4 rings (SSSR count). The molecule has 0 atom stereocenters. The molecule has 0 aliphatic carbocycles. The van der Waals surface area contributed by atoms with E-state index in [4.69, 9.17) is 9.15 Å². The van der Waals surface area contributed by atoms with E-state index in [1.165, 1.54) is 25.5 Å². The van der Waals surface area contributed by atoms with E-state index in [9.17, 15) is 14.9 Å². The number of amides is 1. The Morgan fingerprint density at radius 3 is 2.56 bits per heavy atom. The van der Waals surface area contributed by atoms with Crippen LogP contribution in [0.2, 0.25) is 0 Å². The molecule has 1 aromatic heterocycles. The van der Waals surface area contributed by atoms with Crippen LogP contribution in [0.25, 0.3) is 22.1 Å². The predicted octanol–water partition coefficient (Wildman–Crippen LogP) is 5.54. The van der Waals surface area contributed by atoms with Crippen molar-refractivity contribution >= 4 is 44.5 Å². The molecule has 32 heavy (non-hydrogen) atoms. The molecule has 4 aromatic rings. The van der Waals surface area contributed by atoms with Crippen LogP contribution in [0.4, 0.5) is 5.69 Å². The number of fused-ring (bicyclic) bond motifs is 1. The van der Waals surface area contributed by atoms with Crippen LogP contribution >= 0.6 is 15.9 Å². The fraction of sp³-hybridized carbons (Fsp3) is 0.0435. The van der Waals surface area contributed by atoms with Gasteiger partial charge in [0.15, 0.2) is 0 Å². The number of rotatable bonds is 6. The van der Waals surface area contributed by atoms with Gasteiger partial charge in [-0.3, -0.25) is 14.9 Å². The third-order valence-corrected chi connectivity index (χ3v) is 5.38. The summed E-state index contributed by atoms with van der Waals surface area (Å²) in [6.07, 6.45) is 1.37. The lowest BCUT2D eigenvalue weighted by atomic mass is 10.1. The smallest absolute Gasteiger partial charge is 0.275 e. The maximum atomic E-state index is 12.6. The molecule has 0 bridgehead atoms. The molecular formula is C23H16BrN3O5. The van der Waals surface area contributed by atoms with Gasteiger partial charge in [0.25, 0.3) is 11.6 Å². The summed E-state index contributed by atoms with van der Waals surface area (Å²) < 4.78 is 11.6. The molecule has 0 unspecified atom stereocenters. The van der Waals surface area contributed by atoms with Gasteiger partial charge in [0.1, 0.15) is 17.3 Å². The number of furan rings is 1. The molecule has 0 aliphatic rings. The van der Waals surface area contributed by atoms with Crippen molar-refractivity contribution in [2.75, 3.05) is 7.11 Å². The van der Waals surface area contributed by atoms with Crippen molar-refractivity contribution in [1.82, 2.24) is 5.43 Å². The lowest BCUT2D eigenvalue weighted by molar-refractivity contribution is -0.384. The number of ether oxygens (including phenoxy) is 1. The number of benzene rings is 3. The van der Waals surface area contributed by atoms with Gasteiger partial charge in [-0.15, -0.1) is 0 Å². The second kappa shape index (κ2) is 9.03. The minimum atomic E-state index is -0.470. The van der Waals surface area contributed by atoms with Gasteiger partial charge in [0.05, 0.1) is 23.8 Å². The summed E-state index contributed by atoms with van der Waals surface area (Å²) in [6, 6.07) is 19.0. The van der Waals surface area contributed by atoms with E-state index in [0.717, 1.165) is 10.8 Å². The van der Waals surface area contributed by atoms with E-state index in [0.29, 0.717) is 32.9 Å². The fourth-order valence-corrected chi connectivity index (χ4v) is 3.73. The second-order valence-corrected chi connectivity index (χ2v) is 7.58. The Morgan fingerprint density at radius 2 is 1.88 bits per heavy atom. The number of methoxy groups -OCH3 is 1. The molecule has 1 N–H and O–H groups in total. The Bertz CT molecular complexity index is 1360. The highest BCUT2D eigenvalue weighted by atomic mass is 79.9. The van der Waals surface area contributed by atoms with Crippen LogP contribution in [-0.4, -0.2) is 24.2 Å². The number of nitro groups is 1. The van der Waals surface area contributed by atoms with E-state index in [1.54, 1.807) is 30.3 Å². The molecule has 0 saturated heterocycles. The number of hydrazone groups is 1. The number of non-ortho nitro benzene ring substituents is 1. The minimum Gasteiger partial charge on any atom is -0.496 e. The first-order valence-electron chi connectivity index (χ1n) is 9.40. The van der Waals surface area contributed by atoms with E-state index < -0.39 is 10.8 Å². The first kappa shape index (κ1) is 21.3. The lowest BCUT2D eigenvalue weighted by Gasteiger charge is -2.09. The van der Waals surface area contributed by atoms with Crippen molar-refractivity contribution in [3.63, 3.8) is 0 Å². The second-order valence-electron chi connectivity index (χ2n) is 6.72. The van der Waals surface area contributed by atoms with Crippen LogP contribution < -0.4 is 10.2 Å².